The number of carbonyl (C=O) groups is 2. The van der Waals surface area contributed by atoms with Gasteiger partial charge in [0.05, 0.1) is 13.7 Å². The van der Waals surface area contributed by atoms with Gasteiger partial charge in [0, 0.05) is 5.56 Å². The third-order valence-electron chi connectivity index (χ3n) is 2.14. The molecule has 92 valence electrons. The van der Waals surface area contributed by atoms with Crippen LogP contribution >= 0.6 is 0 Å². The highest BCUT2D eigenvalue weighted by molar-refractivity contribution is 5.96. The zero-order chi connectivity index (χ0) is 12.8. The van der Waals surface area contributed by atoms with Crippen LogP contribution in [0.15, 0.2) is 24.3 Å². The Bertz CT molecular complexity index is 401. The Morgan fingerprint density at radius 1 is 1.35 bits per heavy atom. The SMILES string of the molecule is COc1ccc(C(=O)NC(CO)C(=O)O)cc1. The first kappa shape index (κ1) is 13.0. The molecule has 0 bridgehead atoms. The van der Waals surface area contributed by atoms with Gasteiger partial charge in [-0.05, 0) is 24.3 Å². The molecule has 0 saturated heterocycles. The van der Waals surface area contributed by atoms with E-state index in [2.05, 4.69) is 5.32 Å². The topological polar surface area (TPSA) is 95.9 Å². The van der Waals surface area contributed by atoms with E-state index in [1.165, 1.54) is 19.2 Å². The summed E-state index contributed by atoms with van der Waals surface area (Å²) >= 11 is 0. The van der Waals surface area contributed by atoms with Crippen LogP contribution in [0.25, 0.3) is 0 Å². The van der Waals surface area contributed by atoms with Gasteiger partial charge in [-0.2, -0.15) is 0 Å². The van der Waals surface area contributed by atoms with Crippen molar-refractivity contribution >= 4 is 11.9 Å². The van der Waals surface area contributed by atoms with E-state index in [1.54, 1.807) is 12.1 Å². The molecule has 3 N–H and O–H groups in total. The Kier molecular flexibility index (Phi) is 4.47. The van der Waals surface area contributed by atoms with Gasteiger partial charge in [0.2, 0.25) is 0 Å². The predicted octanol–water partition coefficient (Wildman–Crippen LogP) is -0.130. The average Bonchev–Trinajstić information content (AvgIpc) is 2.35. The van der Waals surface area contributed by atoms with Crippen LogP contribution in [0.1, 0.15) is 10.4 Å². The van der Waals surface area contributed by atoms with Crippen LogP contribution in [0.2, 0.25) is 0 Å². The minimum Gasteiger partial charge on any atom is -0.497 e. The lowest BCUT2D eigenvalue weighted by atomic mass is 10.2. The van der Waals surface area contributed by atoms with Gasteiger partial charge in [-0.1, -0.05) is 0 Å². The van der Waals surface area contributed by atoms with Crippen molar-refractivity contribution in [2.45, 2.75) is 6.04 Å². The third-order valence-corrected chi connectivity index (χ3v) is 2.14. The summed E-state index contributed by atoms with van der Waals surface area (Å²) in [6, 6.07) is 4.88. The Balaban J connectivity index is 2.72. The number of rotatable bonds is 5. The average molecular weight is 239 g/mol. The van der Waals surface area contributed by atoms with Crippen LogP contribution in [-0.4, -0.2) is 41.8 Å². The Hall–Kier alpha value is -2.08. The van der Waals surface area contributed by atoms with Crippen LogP contribution in [-0.2, 0) is 4.79 Å². The summed E-state index contributed by atoms with van der Waals surface area (Å²) in [5, 5.41) is 19.6. The second-order valence-corrected chi connectivity index (χ2v) is 3.28. The maximum absolute atomic E-state index is 11.6. The summed E-state index contributed by atoms with van der Waals surface area (Å²) in [4.78, 5) is 22.2. The number of ether oxygens (including phenoxy) is 1. The number of carboxylic acids is 1. The second-order valence-electron chi connectivity index (χ2n) is 3.28. The van der Waals surface area contributed by atoms with Crippen molar-refractivity contribution < 1.29 is 24.5 Å². The minimum absolute atomic E-state index is 0.297. The number of carboxylic acid groups (broad SMARTS) is 1. The first-order chi connectivity index (χ1) is 8.08. The molecule has 1 atom stereocenters. The zero-order valence-corrected chi connectivity index (χ0v) is 9.21. The van der Waals surface area contributed by atoms with E-state index in [-0.39, 0.29) is 0 Å². The zero-order valence-electron chi connectivity index (χ0n) is 9.21. The van der Waals surface area contributed by atoms with E-state index in [0.717, 1.165) is 0 Å². The molecule has 1 amide bonds. The highest BCUT2D eigenvalue weighted by Gasteiger charge is 2.19. The monoisotopic (exact) mass is 239 g/mol. The van der Waals surface area contributed by atoms with Gasteiger partial charge in [-0.15, -0.1) is 0 Å². The van der Waals surface area contributed by atoms with Crippen molar-refractivity contribution in [1.82, 2.24) is 5.32 Å². The number of aliphatic carboxylic acids is 1. The predicted molar refractivity (Wildman–Crippen MR) is 59.0 cm³/mol. The molecular weight excluding hydrogens is 226 g/mol. The Morgan fingerprint density at radius 3 is 2.35 bits per heavy atom. The maximum Gasteiger partial charge on any atom is 0.328 e. The number of amides is 1. The maximum atomic E-state index is 11.6. The Labute approximate surface area is 97.8 Å². The van der Waals surface area contributed by atoms with Crippen LogP contribution in [0.5, 0.6) is 5.75 Å². The van der Waals surface area contributed by atoms with E-state index < -0.39 is 24.5 Å². The number of aliphatic hydroxyl groups is 1. The van der Waals surface area contributed by atoms with Gasteiger partial charge < -0.3 is 20.3 Å². The number of hydrogen-bond donors (Lipinski definition) is 3. The molecule has 0 aromatic heterocycles. The van der Waals surface area contributed by atoms with Crippen molar-refractivity contribution in [1.29, 1.82) is 0 Å². The van der Waals surface area contributed by atoms with Crippen molar-refractivity contribution in [2.24, 2.45) is 0 Å². The number of benzene rings is 1. The van der Waals surface area contributed by atoms with Crippen molar-refractivity contribution in [2.75, 3.05) is 13.7 Å². The second kappa shape index (κ2) is 5.86. The molecule has 1 aromatic carbocycles. The first-order valence-corrected chi connectivity index (χ1v) is 4.87. The molecule has 0 fully saturated rings. The summed E-state index contributed by atoms with van der Waals surface area (Å²) in [6.07, 6.45) is 0. The fourth-order valence-electron chi connectivity index (χ4n) is 1.17. The van der Waals surface area contributed by atoms with Crippen LogP contribution in [0.3, 0.4) is 0 Å². The van der Waals surface area contributed by atoms with Gasteiger partial charge in [0.15, 0.2) is 6.04 Å². The molecule has 0 radical (unpaired) electrons. The third kappa shape index (κ3) is 3.46. The lowest BCUT2D eigenvalue weighted by Crippen LogP contribution is -2.43. The summed E-state index contributed by atoms with van der Waals surface area (Å²) in [6.45, 7) is -0.656. The molecule has 0 heterocycles. The van der Waals surface area contributed by atoms with Gasteiger partial charge in [-0.3, -0.25) is 4.79 Å². The molecule has 1 aromatic rings. The summed E-state index contributed by atoms with van der Waals surface area (Å²) in [5.41, 5.74) is 0.297. The molecule has 6 heteroatoms. The summed E-state index contributed by atoms with van der Waals surface area (Å²) in [7, 11) is 1.50. The van der Waals surface area contributed by atoms with Crippen LogP contribution in [0.4, 0.5) is 0 Å². The van der Waals surface area contributed by atoms with Crippen LogP contribution < -0.4 is 10.1 Å². The lowest BCUT2D eigenvalue weighted by molar-refractivity contribution is -0.140. The van der Waals surface area contributed by atoms with Crippen molar-refractivity contribution in [3.05, 3.63) is 29.8 Å². The van der Waals surface area contributed by atoms with Gasteiger partial charge >= 0.3 is 5.97 Å². The molecular formula is C11H13NO5. The normalized spacial score (nSPS) is 11.6. The molecule has 0 saturated carbocycles. The molecule has 0 spiro atoms. The first-order valence-electron chi connectivity index (χ1n) is 4.87. The summed E-state index contributed by atoms with van der Waals surface area (Å²) in [5.74, 6) is -1.25. The fraction of sp³-hybridized carbons (Fsp3) is 0.273. The number of methoxy groups -OCH3 is 1. The van der Waals surface area contributed by atoms with E-state index >= 15 is 0 Å². The molecule has 1 unspecified atom stereocenters. The minimum atomic E-state index is -1.30. The molecule has 0 aliphatic heterocycles. The largest absolute Gasteiger partial charge is 0.497 e. The van der Waals surface area contributed by atoms with Crippen molar-refractivity contribution in [3.8, 4) is 5.75 Å². The standard InChI is InChI=1S/C11H13NO5/c1-17-8-4-2-7(3-5-8)10(14)12-9(6-13)11(15)16/h2-5,9,13H,6H2,1H3,(H,12,14)(H,15,16). The van der Waals surface area contributed by atoms with Gasteiger partial charge in [0.25, 0.3) is 5.91 Å². The number of carbonyl (C=O) groups excluding carboxylic acids is 1. The number of hydrogen-bond acceptors (Lipinski definition) is 4. The highest BCUT2D eigenvalue weighted by Crippen LogP contribution is 2.11. The molecule has 17 heavy (non-hydrogen) atoms. The Morgan fingerprint density at radius 2 is 1.94 bits per heavy atom. The van der Waals surface area contributed by atoms with E-state index in [4.69, 9.17) is 14.9 Å². The quantitative estimate of drug-likeness (QED) is 0.665. The highest BCUT2D eigenvalue weighted by atomic mass is 16.5. The summed E-state index contributed by atoms with van der Waals surface area (Å²) < 4.78 is 4.92. The number of nitrogens with one attached hydrogen (secondary N) is 1. The molecule has 0 aliphatic carbocycles. The van der Waals surface area contributed by atoms with Crippen molar-refractivity contribution in [3.63, 3.8) is 0 Å². The van der Waals surface area contributed by atoms with E-state index in [0.29, 0.717) is 11.3 Å². The smallest absolute Gasteiger partial charge is 0.328 e. The van der Waals surface area contributed by atoms with E-state index in [1.807, 2.05) is 0 Å². The lowest BCUT2D eigenvalue weighted by Gasteiger charge is -2.11. The number of aliphatic hydroxyl groups excluding tert-OH is 1. The fourth-order valence-corrected chi connectivity index (χ4v) is 1.17. The van der Waals surface area contributed by atoms with Gasteiger partial charge in [-0.25, -0.2) is 4.79 Å². The molecule has 6 nitrogen and oxygen atoms in total. The van der Waals surface area contributed by atoms with Crippen LogP contribution in [0, 0.1) is 0 Å². The van der Waals surface area contributed by atoms with E-state index in [9.17, 15) is 9.59 Å². The van der Waals surface area contributed by atoms with Gasteiger partial charge in [0.1, 0.15) is 5.75 Å². The molecule has 1 rings (SSSR count). The molecule has 0 aliphatic rings.